The van der Waals surface area contributed by atoms with Gasteiger partial charge >= 0.3 is 5.97 Å². The van der Waals surface area contributed by atoms with E-state index in [4.69, 9.17) is 5.11 Å². The van der Waals surface area contributed by atoms with E-state index < -0.39 is 5.97 Å². The number of carbonyl (C=O) groups is 1. The molecule has 1 aliphatic carbocycles. The lowest BCUT2D eigenvalue weighted by atomic mass is 9.92. The number of hydrogen-bond donors (Lipinski definition) is 1. The number of likely N-dealkylation sites (tertiary alicyclic amines) is 1. The molecule has 2 fully saturated rings. The number of rotatable bonds is 2. The maximum absolute atomic E-state index is 10.8. The van der Waals surface area contributed by atoms with Gasteiger partial charge in [0.15, 0.2) is 0 Å². The Labute approximate surface area is 78.7 Å². The number of nitrogens with zero attached hydrogens (tertiary/aromatic N) is 1. The second-order valence-electron chi connectivity index (χ2n) is 4.43. The first kappa shape index (κ1) is 9.00. The Hall–Kier alpha value is -0.570. The summed E-state index contributed by atoms with van der Waals surface area (Å²) in [7, 11) is 0. The van der Waals surface area contributed by atoms with Gasteiger partial charge in [-0.2, -0.15) is 0 Å². The Morgan fingerprint density at radius 1 is 1.69 bits per heavy atom. The second kappa shape index (κ2) is 2.98. The summed E-state index contributed by atoms with van der Waals surface area (Å²) in [4.78, 5) is 13.2. The first-order chi connectivity index (χ1) is 6.18. The van der Waals surface area contributed by atoms with Crippen LogP contribution < -0.4 is 0 Å². The molecule has 74 valence electrons. The predicted molar refractivity (Wildman–Crippen MR) is 49.5 cm³/mol. The normalized spacial score (nSPS) is 39.3. The van der Waals surface area contributed by atoms with Gasteiger partial charge in [0.05, 0.1) is 5.92 Å². The van der Waals surface area contributed by atoms with Crippen LogP contribution >= 0.6 is 0 Å². The van der Waals surface area contributed by atoms with E-state index in [-0.39, 0.29) is 11.3 Å². The van der Waals surface area contributed by atoms with Gasteiger partial charge < -0.3 is 10.0 Å². The zero-order chi connectivity index (χ0) is 9.47. The van der Waals surface area contributed by atoms with Gasteiger partial charge in [-0.3, -0.25) is 4.79 Å². The fourth-order valence-corrected chi connectivity index (χ4v) is 2.68. The zero-order valence-electron chi connectivity index (χ0n) is 8.12. The van der Waals surface area contributed by atoms with E-state index in [9.17, 15) is 4.79 Å². The molecule has 2 rings (SSSR count). The fraction of sp³-hybridized carbons (Fsp3) is 0.900. The molecule has 2 atom stereocenters. The van der Waals surface area contributed by atoms with E-state index in [0.29, 0.717) is 0 Å². The summed E-state index contributed by atoms with van der Waals surface area (Å²) in [6.07, 6.45) is 3.22. The molecule has 0 bridgehead atoms. The van der Waals surface area contributed by atoms with E-state index >= 15 is 0 Å². The molecule has 1 aliphatic heterocycles. The average molecular weight is 183 g/mol. The lowest BCUT2D eigenvalue weighted by molar-refractivity contribution is -0.139. The Bertz CT molecular complexity index is 229. The van der Waals surface area contributed by atoms with E-state index in [2.05, 4.69) is 11.8 Å². The zero-order valence-corrected chi connectivity index (χ0v) is 8.12. The van der Waals surface area contributed by atoms with Crippen LogP contribution in [-0.2, 0) is 4.79 Å². The monoisotopic (exact) mass is 183 g/mol. The molecule has 1 N–H and O–H groups in total. The van der Waals surface area contributed by atoms with Crippen molar-refractivity contribution >= 4 is 5.97 Å². The van der Waals surface area contributed by atoms with Crippen LogP contribution in [0.5, 0.6) is 0 Å². The molecule has 0 aromatic heterocycles. The van der Waals surface area contributed by atoms with Gasteiger partial charge in [-0.05, 0) is 37.8 Å². The highest BCUT2D eigenvalue weighted by molar-refractivity contribution is 5.74. The van der Waals surface area contributed by atoms with Gasteiger partial charge in [0.1, 0.15) is 0 Å². The summed E-state index contributed by atoms with van der Waals surface area (Å²) in [6, 6.07) is 0. The minimum absolute atomic E-state index is 0.0400. The lowest BCUT2D eigenvalue weighted by Gasteiger charge is -2.32. The largest absolute Gasteiger partial charge is 0.481 e. The van der Waals surface area contributed by atoms with Crippen LogP contribution in [0.1, 0.15) is 26.2 Å². The summed E-state index contributed by atoms with van der Waals surface area (Å²) in [6.45, 7) is 5.39. The molecule has 0 aromatic rings. The van der Waals surface area contributed by atoms with Crippen molar-refractivity contribution in [1.29, 1.82) is 0 Å². The summed E-state index contributed by atoms with van der Waals surface area (Å²) < 4.78 is 0. The fourth-order valence-electron chi connectivity index (χ4n) is 2.68. The molecular formula is C10H17NO2. The van der Waals surface area contributed by atoms with Crippen LogP contribution in [0.25, 0.3) is 0 Å². The Balaban J connectivity index is 1.98. The van der Waals surface area contributed by atoms with Crippen LogP contribution in [0.3, 0.4) is 0 Å². The Kier molecular flexibility index (Phi) is 2.06. The molecule has 2 unspecified atom stereocenters. The van der Waals surface area contributed by atoms with Gasteiger partial charge in [0.2, 0.25) is 0 Å². The molecular weight excluding hydrogens is 166 g/mol. The van der Waals surface area contributed by atoms with E-state index in [0.717, 1.165) is 32.5 Å². The first-order valence-electron chi connectivity index (χ1n) is 5.13. The number of aliphatic carboxylic acids is 1. The maximum atomic E-state index is 10.8. The molecule has 1 saturated carbocycles. The summed E-state index contributed by atoms with van der Waals surface area (Å²) >= 11 is 0. The molecule has 1 saturated heterocycles. The van der Waals surface area contributed by atoms with Crippen molar-refractivity contribution in [1.82, 2.24) is 4.90 Å². The predicted octanol–water partition coefficient (Wildman–Crippen LogP) is 1.19. The van der Waals surface area contributed by atoms with Crippen LogP contribution in [0.2, 0.25) is 0 Å². The van der Waals surface area contributed by atoms with E-state index in [1.807, 2.05) is 0 Å². The van der Waals surface area contributed by atoms with Crippen LogP contribution in [0.4, 0.5) is 0 Å². The Morgan fingerprint density at radius 2 is 2.46 bits per heavy atom. The molecule has 1 heterocycles. The smallest absolute Gasteiger partial charge is 0.307 e. The highest BCUT2D eigenvalue weighted by Gasteiger charge is 2.59. The first-order valence-corrected chi connectivity index (χ1v) is 5.13. The van der Waals surface area contributed by atoms with Gasteiger partial charge in [-0.25, -0.2) is 0 Å². The number of carboxylic acid groups (broad SMARTS) is 1. The second-order valence-corrected chi connectivity index (χ2v) is 4.43. The highest BCUT2D eigenvalue weighted by atomic mass is 16.4. The van der Waals surface area contributed by atoms with Crippen LogP contribution in [-0.4, -0.2) is 35.6 Å². The van der Waals surface area contributed by atoms with Gasteiger partial charge in [0.25, 0.3) is 0 Å². The average Bonchev–Trinajstić information content (AvgIpc) is 2.80. The van der Waals surface area contributed by atoms with E-state index in [1.54, 1.807) is 0 Å². The number of piperidine rings is 1. The minimum atomic E-state index is -0.585. The van der Waals surface area contributed by atoms with Crippen molar-refractivity contribution in [3.05, 3.63) is 0 Å². The van der Waals surface area contributed by atoms with Crippen molar-refractivity contribution in [2.75, 3.05) is 19.6 Å². The van der Waals surface area contributed by atoms with Gasteiger partial charge in [-0.1, -0.05) is 6.92 Å². The third-order valence-corrected chi connectivity index (χ3v) is 3.62. The van der Waals surface area contributed by atoms with Crippen LogP contribution in [0.15, 0.2) is 0 Å². The van der Waals surface area contributed by atoms with Crippen molar-refractivity contribution in [3.63, 3.8) is 0 Å². The quantitative estimate of drug-likeness (QED) is 0.699. The van der Waals surface area contributed by atoms with Crippen molar-refractivity contribution < 1.29 is 9.90 Å². The van der Waals surface area contributed by atoms with Gasteiger partial charge in [-0.15, -0.1) is 0 Å². The summed E-state index contributed by atoms with van der Waals surface area (Å²) in [5, 5.41) is 8.91. The van der Waals surface area contributed by atoms with Crippen molar-refractivity contribution in [2.24, 2.45) is 11.3 Å². The summed E-state index contributed by atoms with van der Waals surface area (Å²) in [5.41, 5.74) is 0.167. The molecule has 1 spiro atoms. The SMILES string of the molecule is CCN1CCCC2(CC2C(=O)O)C1. The molecule has 3 nitrogen and oxygen atoms in total. The molecule has 0 amide bonds. The van der Waals surface area contributed by atoms with Gasteiger partial charge in [0, 0.05) is 6.54 Å². The number of carboxylic acids is 1. The third kappa shape index (κ3) is 1.46. The third-order valence-electron chi connectivity index (χ3n) is 3.62. The molecule has 2 aliphatic rings. The molecule has 3 heteroatoms. The number of hydrogen-bond acceptors (Lipinski definition) is 2. The molecule has 13 heavy (non-hydrogen) atoms. The summed E-state index contributed by atoms with van der Waals surface area (Å²) in [5.74, 6) is -0.625. The molecule has 0 aromatic carbocycles. The topological polar surface area (TPSA) is 40.5 Å². The molecule has 0 radical (unpaired) electrons. The van der Waals surface area contributed by atoms with Crippen molar-refractivity contribution in [2.45, 2.75) is 26.2 Å². The van der Waals surface area contributed by atoms with E-state index in [1.165, 1.54) is 6.42 Å². The Morgan fingerprint density at radius 3 is 3.00 bits per heavy atom. The maximum Gasteiger partial charge on any atom is 0.307 e. The van der Waals surface area contributed by atoms with Crippen LogP contribution in [0, 0.1) is 11.3 Å². The van der Waals surface area contributed by atoms with Crippen molar-refractivity contribution in [3.8, 4) is 0 Å². The minimum Gasteiger partial charge on any atom is -0.481 e. The highest BCUT2D eigenvalue weighted by Crippen LogP contribution is 2.57. The standard InChI is InChI=1S/C10H17NO2/c1-2-11-5-3-4-10(7-11)6-8(10)9(12)13/h8H,2-7H2,1H3,(H,12,13). The lowest BCUT2D eigenvalue weighted by Crippen LogP contribution is -2.37.